The van der Waals surface area contributed by atoms with Crippen molar-refractivity contribution in [3.63, 3.8) is 0 Å². The zero-order chi connectivity index (χ0) is 13.4. The van der Waals surface area contributed by atoms with Crippen molar-refractivity contribution in [2.75, 3.05) is 0 Å². The van der Waals surface area contributed by atoms with Crippen LogP contribution in [0.2, 0.25) is 10.2 Å². The average Bonchev–Trinajstić information content (AvgIpc) is 2.68. The van der Waals surface area contributed by atoms with Crippen LogP contribution in [0, 0.1) is 0 Å². The number of hydrogen-bond donors (Lipinski definition) is 1. The van der Waals surface area contributed by atoms with Crippen LogP contribution in [0.1, 0.15) is 5.56 Å². The standard InChI is InChI=1S/C15H11Cl2NO/c16-12-3-1-10(2-4-12)9-18-14-6-5-13(19)7-11(14)8-15(18)17/h1-8,19H,9H2. The maximum absolute atomic E-state index is 9.48. The van der Waals surface area contributed by atoms with Crippen molar-refractivity contribution in [2.45, 2.75) is 6.54 Å². The molecule has 4 heteroatoms. The first-order valence-electron chi connectivity index (χ1n) is 5.86. The first-order valence-corrected chi connectivity index (χ1v) is 6.61. The first-order chi connectivity index (χ1) is 9.13. The highest BCUT2D eigenvalue weighted by Gasteiger charge is 2.08. The number of aromatic nitrogens is 1. The Morgan fingerprint density at radius 3 is 2.42 bits per heavy atom. The molecule has 0 bridgehead atoms. The van der Waals surface area contributed by atoms with Gasteiger partial charge in [0.15, 0.2) is 0 Å². The molecule has 1 heterocycles. The van der Waals surface area contributed by atoms with Crippen molar-refractivity contribution in [3.8, 4) is 5.75 Å². The fraction of sp³-hybridized carbons (Fsp3) is 0.0667. The monoisotopic (exact) mass is 291 g/mol. The third kappa shape index (κ3) is 2.42. The van der Waals surface area contributed by atoms with E-state index in [1.165, 1.54) is 0 Å². The van der Waals surface area contributed by atoms with Crippen molar-refractivity contribution in [1.82, 2.24) is 4.57 Å². The van der Waals surface area contributed by atoms with Gasteiger partial charge in [-0.25, -0.2) is 0 Å². The highest BCUT2D eigenvalue weighted by atomic mass is 35.5. The van der Waals surface area contributed by atoms with Crippen LogP contribution in [-0.2, 0) is 6.54 Å². The van der Waals surface area contributed by atoms with Crippen molar-refractivity contribution >= 4 is 34.1 Å². The summed E-state index contributed by atoms with van der Waals surface area (Å²) in [7, 11) is 0. The highest BCUT2D eigenvalue weighted by Crippen LogP contribution is 2.27. The number of fused-ring (bicyclic) bond motifs is 1. The lowest BCUT2D eigenvalue weighted by atomic mass is 10.2. The van der Waals surface area contributed by atoms with Gasteiger partial charge in [-0.05, 0) is 42.0 Å². The molecule has 1 aromatic heterocycles. The highest BCUT2D eigenvalue weighted by molar-refractivity contribution is 6.31. The van der Waals surface area contributed by atoms with E-state index in [0.717, 1.165) is 21.5 Å². The van der Waals surface area contributed by atoms with Crippen LogP contribution >= 0.6 is 23.2 Å². The summed E-state index contributed by atoms with van der Waals surface area (Å²) in [5, 5.41) is 11.8. The fourth-order valence-corrected chi connectivity index (χ4v) is 2.55. The summed E-state index contributed by atoms with van der Waals surface area (Å²) >= 11 is 12.1. The van der Waals surface area contributed by atoms with E-state index in [0.29, 0.717) is 11.7 Å². The Labute approximate surface area is 120 Å². The maximum Gasteiger partial charge on any atom is 0.116 e. The molecule has 0 fully saturated rings. The minimum atomic E-state index is 0.243. The smallest absolute Gasteiger partial charge is 0.116 e. The normalized spacial score (nSPS) is 11.1. The average molecular weight is 292 g/mol. The Balaban J connectivity index is 2.05. The number of rotatable bonds is 2. The van der Waals surface area contributed by atoms with E-state index in [1.54, 1.807) is 12.1 Å². The Kier molecular flexibility index (Phi) is 3.13. The molecule has 1 N–H and O–H groups in total. The molecule has 96 valence electrons. The van der Waals surface area contributed by atoms with Gasteiger partial charge >= 0.3 is 0 Å². The molecule has 3 rings (SSSR count). The summed E-state index contributed by atoms with van der Waals surface area (Å²) < 4.78 is 2.00. The Morgan fingerprint density at radius 1 is 0.947 bits per heavy atom. The topological polar surface area (TPSA) is 25.2 Å². The summed E-state index contributed by atoms with van der Waals surface area (Å²) in [6.07, 6.45) is 0. The van der Waals surface area contributed by atoms with Crippen LogP contribution < -0.4 is 0 Å². The van der Waals surface area contributed by atoms with E-state index in [2.05, 4.69) is 0 Å². The summed E-state index contributed by atoms with van der Waals surface area (Å²) in [6, 6.07) is 14.8. The molecule has 0 aliphatic heterocycles. The third-order valence-electron chi connectivity index (χ3n) is 3.09. The second-order valence-electron chi connectivity index (χ2n) is 4.42. The van der Waals surface area contributed by atoms with E-state index in [1.807, 2.05) is 41.0 Å². The van der Waals surface area contributed by atoms with E-state index in [4.69, 9.17) is 23.2 Å². The first kappa shape index (κ1) is 12.4. The van der Waals surface area contributed by atoms with E-state index in [9.17, 15) is 5.11 Å². The van der Waals surface area contributed by atoms with Crippen LogP contribution in [-0.4, -0.2) is 9.67 Å². The van der Waals surface area contributed by atoms with Gasteiger partial charge < -0.3 is 9.67 Å². The van der Waals surface area contributed by atoms with E-state index >= 15 is 0 Å². The summed E-state index contributed by atoms with van der Waals surface area (Å²) in [6.45, 7) is 0.671. The van der Waals surface area contributed by atoms with Gasteiger partial charge in [0, 0.05) is 22.5 Å². The van der Waals surface area contributed by atoms with Crippen LogP contribution in [0.25, 0.3) is 10.9 Å². The molecule has 2 nitrogen and oxygen atoms in total. The number of hydrogen-bond acceptors (Lipinski definition) is 1. The van der Waals surface area contributed by atoms with Gasteiger partial charge in [-0.1, -0.05) is 35.3 Å². The zero-order valence-corrected chi connectivity index (χ0v) is 11.5. The lowest BCUT2D eigenvalue weighted by Gasteiger charge is -2.07. The summed E-state index contributed by atoms with van der Waals surface area (Å²) in [5.74, 6) is 0.243. The maximum atomic E-state index is 9.48. The SMILES string of the molecule is Oc1ccc2c(c1)cc(Cl)n2Cc1ccc(Cl)cc1. The van der Waals surface area contributed by atoms with Gasteiger partial charge in [-0.15, -0.1) is 0 Å². The minimum Gasteiger partial charge on any atom is -0.508 e. The van der Waals surface area contributed by atoms with Gasteiger partial charge in [0.25, 0.3) is 0 Å². The molecule has 3 aromatic rings. The number of phenols is 1. The minimum absolute atomic E-state index is 0.243. The van der Waals surface area contributed by atoms with Crippen molar-refractivity contribution in [3.05, 3.63) is 64.3 Å². The molecule has 0 spiro atoms. The van der Waals surface area contributed by atoms with Crippen LogP contribution in [0.15, 0.2) is 48.5 Å². The molecule has 0 aliphatic rings. The van der Waals surface area contributed by atoms with E-state index < -0.39 is 0 Å². The third-order valence-corrected chi connectivity index (χ3v) is 3.65. The van der Waals surface area contributed by atoms with Crippen molar-refractivity contribution in [2.24, 2.45) is 0 Å². The summed E-state index contributed by atoms with van der Waals surface area (Å²) in [4.78, 5) is 0. The Bertz CT molecular complexity index is 732. The second-order valence-corrected chi connectivity index (χ2v) is 5.25. The molecule has 0 radical (unpaired) electrons. The number of aromatic hydroxyl groups is 1. The van der Waals surface area contributed by atoms with E-state index in [-0.39, 0.29) is 5.75 Å². The number of halogens is 2. The number of nitrogens with zero attached hydrogens (tertiary/aromatic N) is 1. The second kappa shape index (κ2) is 4.80. The van der Waals surface area contributed by atoms with Gasteiger partial charge in [0.1, 0.15) is 10.9 Å². The molecule has 0 amide bonds. The number of benzene rings is 2. The molecule has 0 atom stereocenters. The number of phenolic OH excluding ortho intramolecular Hbond substituents is 1. The lowest BCUT2D eigenvalue weighted by molar-refractivity contribution is 0.476. The van der Waals surface area contributed by atoms with Crippen LogP contribution in [0.5, 0.6) is 5.75 Å². The van der Waals surface area contributed by atoms with Crippen LogP contribution in [0.3, 0.4) is 0 Å². The lowest BCUT2D eigenvalue weighted by Crippen LogP contribution is -1.99. The van der Waals surface area contributed by atoms with Gasteiger partial charge in [0.05, 0.1) is 0 Å². The summed E-state index contributed by atoms with van der Waals surface area (Å²) in [5.41, 5.74) is 2.12. The molecule has 0 saturated carbocycles. The Hall–Kier alpha value is -1.64. The molecular formula is C15H11Cl2NO. The molecular weight excluding hydrogens is 281 g/mol. The van der Waals surface area contributed by atoms with Gasteiger partial charge in [-0.3, -0.25) is 0 Å². The van der Waals surface area contributed by atoms with Crippen LogP contribution in [0.4, 0.5) is 0 Å². The largest absolute Gasteiger partial charge is 0.508 e. The fourth-order valence-electron chi connectivity index (χ4n) is 2.16. The zero-order valence-electron chi connectivity index (χ0n) is 9.98. The van der Waals surface area contributed by atoms with Gasteiger partial charge in [-0.2, -0.15) is 0 Å². The molecule has 19 heavy (non-hydrogen) atoms. The molecule has 0 saturated heterocycles. The van der Waals surface area contributed by atoms with Gasteiger partial charge in [0.2, 0.25) is 0 Å². The Morgan fingerprint density at radius 2 is 1.68 bits per heavy atom. The predicted octanol–water partition coefficient (Wildman–Crippen LogP) is 4.70. The molecule has 0 unspecified atom stereocenters. The quantitative estimate of drug-likeness (QED) is 0.727. The molecule has 2 aromatic carbocycles. The predicted molar refractivity (Wildman–Crippen MR) is 79.2 cm³/mol. The molecule has 0 aliphatic carbocycles. The van der Waals surface area contributed by atoms with Crippen molar-refractivity contribution < 1.29 is 5.11 Å². The van der Waals surface area contributed by atoms with Crippen molar-refractivity contribution in [1.29, 1.82) is 0 Å².